The normalized spacial score (nSPS) is 15.8. The van der Waals surface area contributed by atoms with Gasteiger partial charge in [0.05, 0.1) is 5.69 Å². The van der Waals surface area contributed by atoms with Crippen molar-refractivity contribution in [2.75, 3.05) is 5.32 Å². The van der Waals surface area contributed by atoms with Gasteiger partial charge in [0.15, 0.2) is 5.69 Å². The number of carbonyl (C=O) groups excluding carboxylic acids is 1. The summed E-state index contributed by atoms with van der Waals surface area (Å²) < 4.78 is 0. The molecule has 0 fully saturated rings. The van der Waals surface area contributed by atoms with Gasteiger partial charge in [0, 0.05) is 12.6 Å². The summed E-state index contributed by atoms with van der Waals surface area (Å²) in [6, 6.07) is 22.1. The molecule has 0 saturated heterocycles. The van der Waals surface area contributed by atoms with Gasteiger partial charge < -0.3 is 10.6 Å². The van der Waals surface area contributed by atoms with Gasteiger partial charge in [0.25, 0.3) is 5.91 Å². The number of nitrogens with zero attached hydrogens (tertiary/aromatic N) is 1. The molecule has 1 aliphatic carbocycles. The van der Waals surface area contributed by atoms with Crippen molar-refractivity contribution in [3.05, 3.63) is 94.3 Å². The first-order valence-corrected chi connectivity index (χ1v) is 10.4. The van der Waals surface area contributed by atoms with Crippen molar-refractivity contribution < 1.29 is 4.79 Å². The fourth-order valence-electron chi connectivity index (χ4n) is 3.83. The predicted molar refractivity (Wildman–Crippen MR) is 117 cm³/mol. The number of aryl methyl sites for hydroxylation is 1. The Morgan fingerprint density at radius 1 is 1.00 bits per heavy atom. The Kier molecular flexibility index (Phi) is 6.11. The topological polar surface area (TPSA) is 54.0 Å². The second-order valence-electron chi connectivity index (χ2n) is 7.40. The van der Waals surface area contributed by atoms with Crippen LogP contribution in [0.1, 0.15) is 40.0 Å². The average molecular weight is 406 g/mol. The van der Waals surface area contributed by atoms with Gasteiger partial charge in [0.1, 0.15) is 5.15 Å². The maximum atomic E-state index is 13.0. The quantitative estimate of drug-likeness (QED) is 0.462. The second kappa shape index (κ2) is 9.10. The van der Waals surface area contributed by atoms with E-state index in [0.717, 1.165) is 31.2 Å². The molecule has 2 aromatic carbocycles. The van der Waals surface area contributed by atoms with Crippen LogP contribution in [0.25, 0.3) is 0 Å². The Morgan fingerprint density at radius 3 is 2.59 bits per heavy atom. The fraction of sp³-hybridized carbons (Fsp3) is 0.250. The Bertz CT molecular complexity index is 990. The summed E-state index contributed by atoms with van der Waals surface area (Å²) in [5.41, 5.74) is 4.86. The number of rotatable bonds is 5. The summed E-state index contributed by atoms with van der Waals surface area (Å²) in [6.07, 6.45) is 3.91. The molecule has 4 rings (SSSR count). The van der Waals surface area contributed by atoms with E-state index in [9.17, 15) is 4.79 Å². The van der Waals surface area contributed by atoms with Crippen molar-refractivity contribution in [3.63, 3.8) is 0 Å². The minimum atomic E-state index is -0.188. The monoisotopic (exact) mass is 405 g/mol. The van der Waals surface area contributed by atoms with Gasteiger partial charge in [-0.15, -0.1) is 0 Å². The van der Waals surface area contributed by atoms with Gasteiger partial charge in [-0.3, -0.25) is 4.79 Å². The lowest BCUT2D eigenvalue weighted by Gasteiger charge is -2.18. The highest BCUT2D eigenvalue weighted by atomic mass is 35.5. The van der Waals surface area contributed by atoms with Gasteiger partial charge in [0.2, 0.25) is 0 Å². The first kappa shape index (κ1) is 19.5. The minimum Gasteiger partial charge on any atom is -0.379 e. The number of anilines is 1. The third-order valence-corrected chi connectivity index (χ3v) is 5.53. The maximum Gasteiger partial charge on any atom is 0.272 e. The highest BCUT2D eigenvalue weighted by Gasteiger charge is 2.21. The van der Waals surface area contributed by atoms with Crippen LogP contribution in [-0.4, -0.2) is 16.9 Å². The number of halogens is 1. The number of benzene rings is 2. The summed E-state index contributed by atoms with van der Waals surface area (Å²) in [5.74, 6) is -0.188. The Balaban J connectivity index is 1.48. The van der Waals surface area contributed by atoms with Crippen molar-refractivity contribution in [1.29, 1.82) is 0 Å². The standard InChI is InChI=1S/C24H24ClN3O/c25-22-14-13-21(26-16-17-7-2-1-3-8-17)23(28-22)24(29)27-20-12-6-11-18-9-4-5-10-19(18)15-20/h1-5,7-10,13-14,20,26H,6,11-12,15-16H2,(H,27,29). The minimum absolute atomic E-state index is 0.0916. The Hall–Kier alpha value is -2.85. The van der Waals surface area contributed by atoms with Crippen LogP contribution in [0.2, 0.25) is 5.15 Å². The van der Waals surface area contributed by atoms with Gasteiger partial charge >= 0.3 is 0 Å². The van der Waals surface area contributed by atoms with Gasteiger partial charge in [-0.2, -0.15) is 0 Å². The number of hydrogen-bond acceptors (Lipinski definition) is 3. The van der Waals surface area contributed by atoms with Crippen LogP contribution >= 0.6 is 11.6 Å². The van der Waals surface area contributed by atoms with E-state index in [0.29, 0.717) is 23.1 Å². The van der Waals surface area contributed by atoms with E-state index in [4.69, 9.17) is 11.6 Å². The molecule has 1 aromatic heterocycles. The van der Waals surface area contributed by atoms with Crippen LogP contribution < -0.4 is 10.6 Å². The molecule has 1 aliphatic rings. The molecule has 0 radical (unpaired) electrons. The van der Waals surface area contributed by atoms with Crippen LogP contribution in [0, 0.1) is 0 Å². The molecule has 1 unspecified atom stereocenters. The van der Waals surface area contributed by atoms with Crippen LogP contribution in [0.15, 0.2) is 66.7 Å². The summed E-state index contributed by atoms with van der Waals surface area (Å²) in [4.78, 5) is 17.4. The van der Waals surface area contributed by atoms with E-state index in [1.165, 1.54) is 11.1 Å². The molecule has 1 amide bonds. The van der Waals surface area contributed by atoms with Crippen LogP contribution in [0.3, 0.4) is 0 Å². The van der Waals surface area contributed by atoms with E-state index in [1.807, 2.05) is 36.4 Å². The van der Waals surface area contributed by atoms with Gasteiger partial charge in [-0.25, -0.2) is 4.98 Å². The molecule has 0 spiro atoms. The van der Waals surface area contributed by atoms with E-state index >= 15 is 0 Å². The summed E-state index contributed by atoms with van der Waals surface area (Å²) in [6.45, 7) is 0.612. The first-order chi connectivity index (χ1) is 14.2. The zero-order valence-corrected chi connectivity index (χ0v) is 17.0. The molecular formula is C24H24ClN3O. The van der Waals surface area contributed by atoms with Gasteiger partial charge in [-0.05, 0) is 54.5 Å². The van der Waals surface area contributed by atoms with Crippen molar-refractivity contribution in [2.45, 2.75) is 38.3 Å². The fourth-order valence-corrected chi connectivity index (χ4v) is 3.98. The zero-order valence-electron chi connectivity index (χ0n) is 16.2. The first-order valence-electron chi connectivity index (χ1n) is 10.0. The van der Waals surface area contributed by atoms with E-state index in [-0.39, 0.29) is 11.9 Å². The Labute approximate surface area is 176 Å². The van der Waals surface area contributed by atoms with Crippen molar-refractivity contribution >= 4 is 23.2 Å². The van der Waals surface area contributed by atoms with Crippen molar-refractivity contribution in [3.8, 4) is 0 Å². The van der Waals surface area contributed by atoms with E-state index in [1.54, 1.807) is 6.07 Å². The molecule has 0 saturated carbocycles. The third kappa shape index (κ3) is 4.96. The SMILES string of the molecule is O=C(NC1CCCc2ccccc2C1)c1nc(Cl)ccc1NCc1ccccc1. The number of hydrogen-bond donors (Lipinski definition) is 2. The molecule has 2 N–H and O–H groups in total. The molecule has 0 aliphatic heterocycles. The zero-order chi connectivity index (χ0) is 20.1. The number of nitrogens with one attached hydrogen (secondary N) is 2. The Morgan fingerprint density at radius 2 is 1.76 bits per heavy atom. The third-order valence-electron chi connectivity index (χ3n) is 5.32. The number of amides is 1. The number of carbonyl (C=O) groups is 1. The molecule has 1 atom stereocenters. The second-order valence-corrected chi connectivity index (χ2v) is 7.79. The summed E-state index contributed by atoms with van der Waals surface area (Å²) >= 11 is 6.09. The van der Waals surface area contributed by atoms with E-state index < -0.39 is 0 Å². The lowest BCUT2D eigenvalue weighted by Crippen LogP contribution is -2.37. The molecular weight excluding hydrogens is 382 g/mol. The largest absolute Gasteiger partial charge is 0.379 e. The smallest absolute Gasteiger partial charge is 0.272 e. The van der Waals surface area contributed by atoms with Crippen LogP contribution in [0.4, 0.5) is 5.69 Å². The molecule has 1 heterocycles. The summed E-state index contributed by atoms with van der Waals surface area (Å²) in [5, 5.41) is 6.81. The molecule has 3 aromatic rings. The number of aromatic nitrogens is 1. The molecule has 0 bridgehead atoms. The highest BCUT2D eigenvalue weighted by molar-refractivity contribution is 6.29. The lowest BCUT2D eigenvalue weighted by atomic mass is 10.0. The maximum absolute atomic E-state index is 13.0. The molecule has 5 heteroatoms. The lowest BCUT2D eigenvalue weighted by molar-refractivity contribution is 0.0931. The predicted octanol–water partition coefficient (Wildman–Crippen LogP) is 5.02. The van der Waals surface area contributed by atoms with Crippen LogP contribution in [-0.2, 0) is 19.4 Å². The van der Waals surface area contributed by atoms with Crippen molar-refractivity contribution in [1.82, 2.24) is 10.3 Å². The number of fused-ring (bicyclic) bond motifs is 1. The summed E-state index contributed by atoms with van der Waals surface area (Å²) in [7, 11) is 0. The average Bonchev–Trinajstić information content (AvgIpc) is 2.95. The van der Waals surface area contributed by atoms with Gasteiger partial charge in [-0.1, -0.05) is 66.2 Å². The van der Waals surface area contributed by atoms with Crippen LogP contribution in [0.5, 0.6) is 0 Å². The molecule has 148 valence electrons. The molecule has 4 nitrogen and oxygen atoms in total. The number of pyridine rings is 1. The highest BCUT2D eigenvalue weighted by Crippen LogP contribution is 2.22. The van der Waals surface area contributed by atoms with Crippen molar-refractivity contribution in [2.24, 2.45) is 0 Å². The van der Waals surface area contributed by atoms with E-state index in [2.05, 4.69) is 39.9 Å². The molecule has 29 heavy (non-hydrogen) atoms.